The van der Waals surface area contributed by atoms with E-state index in [0.29, 0.717) is 24.7 Å². The van der Waals surface area contributed by atoms with E-state index >= 15 is 0 Å². The third-order valence-electron chi connectivity index (χ3n) is 2.58. The summed E-state index contributed by atoms with van der Waals surface area (Å²) in [5, 5.41) is 16.9. The monoisotopic (exact) mass is 273 g/mol. The summed E-state index contributed by atoms with van der Waals surface area (Å²) in [6.45, 7) is 3.06. The molecule has 0 radical (unpaired) electrons. The van der Waals surface area contributed by atoms with Gasteiger partial charge in [-0.15, -0.1) is 0 Å². The Bertz CT molecular complexity index is 589. The summed E-state index contributed by atoms with van der Waals surface area (Å²) in [6.07, 6.45) is 3.42. The van der Waals surface area contributed by atoms with Gasteiger partial charge < -0.3 is 10.6 Å². The van der Waals surface area contributed by atoms with Crippen LogP contribution in [0.4, 0.5) is 17.3 Å². The van der Waals surface area contributed by atoms with Crippen molar-refractivity contribution in [1.82, 2.24) is 9.97 Å². The van der Waals surface area contributed by atoms with Crippen LogP contribution >= 0.6 is 0 Å². The molecule has 0 aromatic carbocycles. The van der Waals surface area contributed by atoms with E-state index in [4.69, 9.17) is 0 Å². The lowest BCUT2D eigenvalue weighted by atomic mass is 10.3. The number of nitrogens with one attached hydrogen (secondary N) is 2. The molecule has 104 valence electrons. The summed E-state index contributed by atoms with van der Waals surface area (Å²) in [5.41, 5.74) is 0.982. The van der Waals surface area contributed by atoms with Crippen LogP contribution in [0.3, 0.4) is 0 Å². The van der Waals surface area contributed by atoms with Crippen molar-refractivity contribution in [1.29, 1.82) is 0 Å². The van der Waals surface area contributed by atoms with Crippen molar-refractivity contribution < 1.29 is 4.92 Å². The van der Waals surface area contributed by atoms with Crippen LogP contribution in [0.15, 0.2) is 36.7 Å². The lowest BCUT2D eigenvalue weighted by molar-refractivity contribution is -0.384. The fourth-order valence-corrected chi connectivity index (χ4v) is 1.68. The molecule has 0 amide bonds. The fraction of sp³-hybridized carbons (Fsp3) is 0.231. The Morgan fingerprint density at radius 2 is 2.05 bits per heavy atom. The molecule has 20 heavy (non-hydrogen) atoms. The second-order valence-corrected chi connectivity index (χ2v) is 4.10. The van der Waals surface area contributed by atoms with Gasteiger partial charge in [0.25, 0.3) is 5.69 Å². The molecule has 7 heteroatoms. The quantitative estimate of drug-likeness (QED) is 0.620. The summed E-state index contributed by atoms with van der Waals surface area (Å²) in [7, 11) is 0. The highest BCUT2D eigenvalue weighted by Crippen LogP contribution is 2.20. The molecule has 0 fully saturated rings. The van der Waals surface area contributed by atoms with Gasteiger partial charge in [0.2, 0.25) is 0 Å². The number of nitrogens with zero attached hydrogens (tertiary/aromatic N) is 3. The third-order valence-corrected chi connectivity index (χ3v) is 2.58. The van der Waals surface area contributed by atoms with E-state index in [2.05, 4.69) is 20.6 Å². The van der Waals surface area contributed by atoms with Crippen LogP contribution in [0.1, 0.15) is 12.5 Å². The van der Waals surface area contributed by atoms with Gasteiger partial charge in [0.15, 0.2) is 0 Å². The molecule has 0 spiro atoms. The Hall–Kier alpha value is -2.70. The SMILES string of the molecule is CCNc1cc([N+](=O)[O-])cc(NCc2cccnc2)n1. The predicted molar refractivity (Wildman–Crippen MR) is 76.6 cm³/mol. The lowest BCUT2D eigenvalue weighted by Gasteiger charge is -2.08. The van der Waals surface area contributed by atoms with Crippen molar-refractivity contribution in [3.05, 3.63) is 52.3 Å². The van der Waals surface area contributed by atoms with Crippen molar-refractivity contribution in [2.75, 3.05) is 17.2 Å². The molecule has 2 aromatic rings. The Kier molecular flexibility index (Phi) is 4.43. The fourth-order valence-electron chi connectivity index (χ4n) is 1.68. The molecule has 0 unspecified atom stereocenters. The Balaban J connectivity index is 2.15. The van der Waals surface area contributed by atoms with Gasteiger partial charge in [-0.2, -0.15) is 0 Å². The van der Waals surface area contributed by atoms with Crippen LogP contribution in [-0.4, -0.2) is 21.4 Å². The molecule has 7 nitrogen and oxygen atoms in total. The minimum atomic E-state index is -0.433. The zero-order valence-electron chi connectivity index (χ0n) is 11.0. The van der Waals surface area contributed by atoms with Crippen molar-refractivity contribution in [3.8, 4) is 0 Å². The molecule has 0 atom stereocenters. The third kappa shape index (κ3) is 3.64. The van der Waals surface area contributed by atoms with Gasteiger partial charge in [-0.25, -0.2) is 4.98 Å². The number of pyridine rings is 2. The first-order valence-corrected chi connectivity index (χ1v) is 6.22. The number of aromatic nitrogens is 2. The number of anilines is 2. The summed E-state index contributed by atoms with van der Waals surface area (Å²) in [4.78, 5) is 18.7. The van der Waals surface area contributed by atoms with Crippen LogP contribution < -0.4 is 10.6 Å². The zero-order valence-corrected chi connectivity index (χ0v) is 11.0. The van der Waals surface area contributed by atoms with Gasteiger partial charge in [0.05, 0.1) is 17.1 Å². The van der Waals surface area contributed by atoms with E-state index < -0.39 is 4.92 Å². The van der Waals surface area contributed by atoms with Crippen molar-refractivity contribution in [3.63, 3.8) is 0 Å². The van der Waals surface area contributed by atoms with E-state index in [0.717, 1.165) is 5.56 Å². The maximum Gasteiger partial charge on any atom is 0.276 e. The molecule has 2 heterocycles. The van der Waals surface area contributed by atoms with E-state index in [1.807, 2.05) is 19.1 Å². The summed E-state index contributed by atoms with van der Waals surface area (Å²) >= 11 is 0. The van der Waals surface area contributed by atoms with E-state index in [9.17, 15) is 10.1 Å². The second-order valence-electron chi connectivity index (χ2n) is 4.10. The average Bonchev–Trinajstić information content (AvgIpc) is 2.46. The number of rotatable bonds is 6. The standard InChI is InChI=1S/C13H15N5O2/c1-2-15-12-6-11(18(19)20)7-13(17-12)16-9-10-4-3-5-14-8-10/h3-8H,2,9H2,1H3,(H2,15,16,17). The Labute approximate surface area is 116 Å². The van der Waals surface area contributed by atoms with Crippen LogP contribution in [0, 0.1) is 10.1 Å². The van der Waals surface area contributed by atoms with Crippen LogP contribution in [0.5, 0.6) is 0 Å². The maximum atomic E-state index is 10.9. The number of hydrogen-bond acceptors (Lipinski definition) is 6. The van der Waals surface area contributed by atoms with E-state index in [1.165, 1.54) is 12.1 Å². The van der Waals surface area contributed by atoms with Crippen LogP contribution in [0.25, 0.3) is 0 Å². The highest BCUT2D eigenvalue weighted by atomic mass is 16.6. The molecule has 0 aliphatic carbocycles. The van der Waals surface area contributed by atoms with E-state index in [1.54, 1.807) is 12.4 Å². The second kappa shape index (κ2) is 6.46. The largest absolute Gasteiger partial charge is 0.370 e. The molecule has 2 N–H and O–H groups in total. The zero-order chi connectivity index (χ0) is 14.4. The average molecular weight is 273 g/mol. The minimum absolute atomic E-state index is 0.00429. The van der Waals surface area contributed by atoms with Crippen LogP contribution in [0.2, 0.25) is 0 Å². The summed E-state index contributed by atoms with van der Waals surface area (Å²) < 4.78 is 0. The van der Waals surface area contributed by atoms with Gasteiger partial charge in [-0.1, -0.05) is 6.07 Å². The first kappa shape index (κ1) is 13.7. The normalized spacial score (nSPS) is 10.1. The number of nitro groups is 1. The predicted octanol–water partition coefficient (Wildman–Crippen LogP) is 2.43. The molecule has 0 saturated carbocycles. The van der Waals surface area contributed by atoms with Gasteiger partial charge in [-0.05, 0) is 18.6 Å². The van der Waals surface area contributed by atoms with Crippen molar-refractivity contribution in [2.45, 2.75) is 13.5 Å². The molecular weight excluding hydrogens is 258 g/mol. The maximum absolute atomic E-state index is 10.9. The molecule has 0 aliphatic heterocycles. The van der Waals surface area contributed by atoms with Gasteiger partial charge in [0, 0.05) is 25.5 Å². The van der Waals surface area contributed by atoms with Crippen molar-refractivity contribution >= 4 is 17.3 Å². The Morgan fingerprint density at radius 1 is 1.30 bits per heavy atom. The van der Waals surface area contributed by atoms with E-state index in [-0.39, 0.29) is 5.69 Å². The summed E-state index contributed by atoms with van der Waals surface area (Å²) in [5.74, 6) is 0.939. The first-order valence-electron chi connectivity index (χ1n) is 6.22. The van der Waals surface area contributed by atoms with Crippen molar-refractivity contribution in [2.24, 2.45) is 0 Å². The smallest absolute Gasteiger partial charge is 0.276 e. The molecule has 2 aromatic heterocycles. The summed E-state index contributed by atoms with van der Waals surface area (Å²) in [6, 6.07) is 6.58. The molecule has 0 saturated heterocycles. The molecule has 0 bridgehead atoms. The van der Waals surface area contributed by atoms with Gasteiger partial charge >= 0.3 is 0 Å². The van der Waals surface area contributed by atoms with Gasteiger partial charge in [0.1, 0.15) is 11.6 Å². The Morgan fingerprint density at radius 3 is 2.65 bits per heavy atom. The molecule has 2 rings (SSSR count). The molecule has 0 aliphatic rings. The van der Waals surface area contributed by atoms with Crippen LogP contribution in [-0.2, 0) is 6.54 Å². The number of hydrogen-bond donors (Lipinski definition) is 2. The highest BCUT2D eigenvalue weighted by Gasteiger charge is 2.10. The minimum Gasteiger partial charge on any atom is -0.370 e. The molecular formula is C13H15N5O2. The topological polar surface area (TPSA) is 93.0 Å². The lowest BCUT2D eigenvalue weighted by Crippen LogP contribution is -2.06. The first-order chi connectivity index (χ1) is 9.69. The van der Waals surface area contributed by atoms with Gasteiger partial charge in [-0.3, -0.25) is 15.1 Å². The highest BCUT2D eigenvalue weighted by molar-refractivity contribution is 5.54.